The van der Waals surface area contributed by atoms with E-state index in [1.165, 1.54) is 29.1 Å². The van der Waals surface area contributed by atoms with Crippen LogP contribution in [0.2, 0.25) is 0 Å². The van der Waals surface area contributed by atoms with Crippen LogP contribution in [-0.4, -0.2) is 41.0 Å². The fraction of sp³-hybridized carbons (Fsp3) is 0.600. The van der Waals surface area contributed by atoms with Gasteiger partial charge in [-0.1, -0.05) is 11.3 Å². The molecule has 17 heavy (non-hydrogen) atoms. The van der Waals surface area contributed by atoms with Gasteiger partial charge in [-0.3, -0.25) is 5.32 Å². The Morgan fingerprint density at radius 1 is 1.59 bits per heavy atom. The van der Waals surface area contributed by atoms with Crippen molar-refractivity contribution in [3.63, 3.8) is 0 Å². The van der Waals surface area contributed by atoms with Crippen molar-refractivity contribution in [2.75, 3.05) is 18.9 Å². The topological polar surface area (TPSA) is 75.2 Å². The van der Waals surface area contributed by atoms with Crippen LogP contribution in [0.25, 0.3) is 0 Å². The van der Waals surface area contributed by atoms with Crippen LogP contribution in [-0.2, 0) is 4.79 Å². The van der Waals surface area contributed by atoms with Crippen LogP contribution in [0.3, 0.4) is 0 Å². The maximum atomic E-state index is 11.7. The second kappa shape index (κ2) is 5.22. The summed E-state index contributed by atoms with van der Waals surface area (Å²) in [7, 11) is 1.64. The van der Waals surface area contributed by atoms with E-state index in [0.29, 0.717) is 24.0 Å². The van der Waals surface area contributed by atoms with E-state index in [0.717, 1.165) is 11.3 Å². The highest BCUT2D eigenvalue weighted by atomic mass is 32.1. The molecule has 0 spiro atoms. The van der Waals surface area contributed by atoms with Gasteiger partial charge in [0.25, 0.3) is 0 Å². The summed E-state index contributed by atoms with van der Waals surface area (Å²) >= 11 is 1.42. The summed E-state index contributed by atoms with van der Waals surface area (Å²) in [5.74, 6) is 0.547. The molecule has 1 fully saturated rings. The molecule has 0 atom stereocenters. The van der Waals surface area contributed by atoms with Gasteiger partial charge in [-0.05, 0) is 12.8 Å². The van der Waals surface area contributed by atoms with Crippen molar-refractivity contribution < 1.29 is 9.59 Å². The fourth-order valence-electron chi connectivity index (χ4n) is 1.32. The lowest BCUT2D eigenvalue weighted by Gasteiger charge is -2.14. The molecule has 7 heteroatoms. The Hall–Kier alpha value is -1.50. The largest absolute Gasteiger partial charge is 0.327 e. The Bertz CT molecular complexity index is 416. The number of anilines is 1. The number of nitrogens with zero attached hydrogens (tertiary/aromatic N) is 3. The number of nitrogens with one attached hydrogen (secondary N) is 1. The minimum Gasteiger partial charge on any atom is -0.327 e. The van der Waals surface area contributed by atoms with Gasteiger partial charge >= 0.3 is 6.03 Å². The zero-order valence-corrected chi connectivity index (χ0v) is 10.4. The van der Waals surface area contributed by atoms with Gasteiger partial charge in [0.1, 0.15) is 11.3 Å². The van der Waals surface area contributed by atoms with Crippen molar-refractivity contribution in [2.24, 2.45) is 0 Å². The third kappa shape index (κ3) is 3.23. The number of amides is 2. The quantitative estimate of drug-likeness (QED) is 0.807. The maximum Gasteiger partial charge on any atom is 0.323 e. The van der Waals surface area contributed by atoms with Gasteiger partial charge < -0.3 is 9.69 Å². The summed E-state index contributed by atoms with van der Waals surface area (Å²) in [6, 6.07) is -0.259. The molecule has 0 bridgehead atoms. The number of hydrogen-bond acceptors (Lipinski definition) is 5. The van der Waals surface area contributed by atoms with Crippen LogP contribution in [0.15, 0.2) is 0 Å². The molecule has 1 aromatic rings. The number of hydrogen-bond donors (Lipinski definition) is 1. The van der Waals surface area contributed by atoms with Gasteiger partial charge in [-0.15, -0.1) is 10.2 Å². The van der Waals surface area contributed by atoms with Crippen molar-refractivity contribution in [2.45, 2.75) is 25.2 Å². The van der Waals surface area contributed by atoms with Crippen molar-refractivity contribution in [3.05, 3.63) is 5.01 Å². The second-order valence-electron chi connectivity index (χ2n) is 4.03. The molecule has 0 saturated heterocycles. The van der Waals surface area contributed by atoms with Gasteiger partial charge in [0.05, 0.1) is 0 Å². The third-order valence-corrected chi connectivity index (χ3v) is 3.51. The van der Waals surface area contributed by atoms with Crippen molar-refractivity contribution in [1.29, 1.82) is 0 Å². The highest BCUT2D eigenvalue weighted by Crippen LogP contribution is 2.41. The Balaban J connectivity index is 1.85. The average molecular weight is 254 g/mol. The molecule has 92 valence electrons. The SMILES string of the molecule is CN(CCC=O)C(=O)Nc1nnc(C2CC2)s1. The van der Waals surface area contributed by atoms with Crippen LogP contribution in [0.4, 0.5) is 9.93 Å². The minimum atomic E-state index is -0.259. The molecule has 1 aliphatic carbocycles. The number of carbonyl (C=O) groups excluding carboxylic acids is 2. The van der Waals surface area contributed by atoms with Gasteiger partial charge in [0, 0.05) is 25.9 Å². The first kappa shape index (κ1) is 12.0. The zero-order valence-electron chi connectivity index (χ0n) is 9.55. The van der Waals surface area contributed by atoms with E-state index >= 15 is 0 Å². The minimum absolute atomic E-state index is 0.259. The van der Waals surface area contributed by atoms with E-state index in [9.17, 15) is 9.59 Å². The monoisotopic (exact) mass is 254 g/mol. The van der Waals surface area contributed by atoms with E-state index in [2.05, 4.69) is 15.5 Å². The lowest BCUT2D eigenvalue weighted by molar-refractivity contribution is -0.107. The highest BCUT2D eigenvalue weighted by Gasteiger charge is 2.27. The van der Waals surface area contributed by atoms with Gasteiger partial charge in [-0.2, -0.15) is 0 Å². The highest BCUT2D eigenvalue weighted by molar-refractivity contribution is 7.15. The number of aromatic nitrogens is 2. The van der Waals surface area contributed by atoms with E-state index in [-0.39, 0.29) is 6.03 Å². The van der Waals surface area contributed by atoms with Crippen molar-refractivity contribution in [3.8, 4) is 0 Å². The Kier molecular flexibility index (Phi) is 3.68. The molecular formula is C10H14N4O2S. The average Bonchev–Trinajstić information content (AvgIpc) is 3.07. The molecule has 0 aromatic carbocycles. The summed E-state index contributed by atoms with van der Waals surface area (Å²) in [6.07, 6.45) is 3.47. The predicted octanol–water partition coefficient (Wildman–Crippen LogP) is 1.47. The van der Waals surface area contributed by atoms with Gasteiger partial charge in [0.15, 0.2) is 0 Å². The van der Waals surface area contributed by atoms with Gasteiger partial charge in [0.2, 0.25) is 5.13 Å². The maximum absolute atomic E-state index is 11.7. The number of rotatable bonds is 5. The number of aldehydes is 1. The smallest absolute Gasteiger partial charge is 0.323 e. The molecule has 1 saturated carbocycles. The first-order valence-electron chi connectivity index (χ1n) is 5.50. The van der Waals surface area contributed by atoms with Crippen LogP contribution in [0.1, 0.15) is 30.2 Å². The van der Waals surface area contributed by atoms with E-state index in [4.69, 9.17) is 0 Å². The molecule has 1 N–H and O–H groups in total. The third-order valence-electron chi connectivity index (χ3n) is 2.51. The van der Waals surface area contributed by atoms with Gasteiger partial charge in [-0.25, -0.2) is 4.79 Å². The Morgan fingerprint density at radius 3 is 3.00 bits per heavy atom. The van der Waals surface area contributed by atoms with E-state index in [1.807, 2.05) is 0 Å². The van der Waals surface area contributed by atoms with Crippen LogP contribution in [0.5, 0.6) is 0 Å². The predicted molar refractivity (Wildman–Crippen MR) is 64.2 cm³/mol. The molecule has 2 rings (SSSR count). The summed E-state index contributed by atoms with van der Waals surface area (Å²) in [4.78, 5) is 23.3. The lowest BCUT2D eigenvalue weighted by Crippen LogP contribution is -2.32. The fourth-order valence-corrected chi connectivity index (χ4v) is 2.22. The second-order valence-corrected chi connectivity index (χ2v) is 5.04. The van der Waals surface area contributed by atoms with Crippen molar-refractivity contribution in [1.82, 2.24) is 15.1 Å². The summed E-state index contributed by atoms with van der Waals surface area (Å²) < 4.78 is 0. The van der Waals surface area contributed by atoms with E-state index < -0.39 is 0 Å². The van der Waals surface area contributed by atoms with Crippen LogP contribution < -0.4 is 5.32 Å². The first-order chi connectivity index (χ1) is 8.20. The number of carbonyl (C=O) groups is 2. The molecule has 2 amide bonds. The summed E-state index contributed by atoms with van der Waals surface area (Å²) in [5.41, 5.74) is 0. The standard InChI is InChI=1S/C10H14N4O2S/c1-14(5-2-6-15)10(16)11-9-13-12-8(17-9)7-3-4-7/h6-7H,2-5H2,1H3,(H,11,13,16). The summed E-state index contributed by atoms with van der Waals surface area (Å²) in [6.45, 7) is 0.406. The van der Waals surface area contributed by atoms with Crippen LogP contribution >= 0.6 is 11.3 Å². The Labute approximate surface area is 103 Å². The van der Waals surface area contributed by atoms with Crippen molar-refractivity contribution >= 4 is 28.8 Å². The van der Waals surface area contributed by atoms with Crippen LogP contribution in [0, 0.1) is 0 Å². The molecule has 1 aliphatic rings. The normalized spacial score (nSPS) is 14.4. The van der Waals surface area contributed by atoms with E-state index in [1.54, 1.807) is 7.05 Å². The zero-order chi connectivity index (χ0) is 12.3. The molecule has 0 radical (unpaired) electrons. The first-order valence-corrected chi connectivity index (χ1v) is 6.31. The summed E-state index contributed by atoms with van der Waals surface area (Å²) in [5, 5.41) is 12.1. The Morgan fingerprint density at radius 2 is 2.35 bits per heavy atom. The number of urea groups is 1. The molecule has 1 heterocycles. The molecular weight excluding hydrogens is 240 g/mol. The molecule has 0 unspecified atom stereocenters. The lowest BCUT2D eigenvalue weighted by atomic mass is 10.4. The molecule has 0 aliphatic heterocycles. The molecule has 1 aromatic heterocycles. The molecule has 6 nitrogen and oxygen atoms in total.